The van der Waals surface area contributed by atoms with Gasteiger partial charge in [-0.15, -0.1) is 0 Å². The lowest BCUT2D eigenvalue weighted by atomic mass is 10.1. The van der Waals surface area contributed by atoms with E-state index in [0.717, 1.165) is 18.2 Å². The van der Waals surface area contributed by atoms with Crippen LogP contribution < -0.4 is 5.32 Å². The van der Waals surface area contributed by atoms with E-state index < -0.39 is 35.7 Å². The molecular weight excluding hydrogens is 320 g/mol. The first-order valence-corrected chi connectivity index (χ1v) is 6.90. The first-order valence-electron chi connectivity index (χ1n) is 6.90. The van der Waals surface area contributed by atoms with Gasteiger partial charge in [0, 0.05) is 11.3 Å². The maximum atomic E-state index is 13.4. The summed E-state index contributed by atoms with van der Waals surface area (Å²) in [5.41, 5.74) is 0.0173. The molecule has 24 heavy (non-hydrogen) atoms. The molecule has 0 saturated heterocycles. The number of Topliss-reactive ketones (excluding diaryl/α,β-unsaturated/α-hetero) is 1. The number of carbonyl (C=O) groups excluding carboxylic acids is 3. The fourth-order valence-electron chi connectivity index (χ4n) is 1.88. The van der Waals surface area contributed by atoms with Crippen molar-refractivity contribution in [2.45, 2.75) is 6.92 Å². The van der Waals surface area contributed by atoms with Crippen molar-refractivity contribution in [1.29, 1.82) is 0 Å². The average molecular weight is 333 g/mol. The molecule has 0 fully saturated rings. The highest BCUT2D eigenvalue weighted by molar-refractivity contribution is 5.97. The van der Waals surface area contributed by atoms with E-state index in [1.807, 2.05) is 0 Å². The van der Waals surface area contributed by atoms with E-state index >= 15 is 0 Å². The molecule has 0 unspecified atom stereocenters. The number of benzene rings is 2. The Morgan fingerprint density at radius 1 is 1.00 bits per heavy atom. The van der Waals surface area contributed by atoms with Crippen LogP contribution in [0, 0.1) is 11.6 Å². The molecule has 5 nitrogen and oxygen atoms in total. The third-order valence-corrected chi connectivity index (χ3v) is 3.08. The van der Waals surface area contributed by atoms with Gasteiger partial charge in [0.1, 0.15) is 17.2 Å². The number of hydrogen-bond donors (Lipinski definition) is 1. The first kappa shape index (κ1) is 17.3. The van der Waals surface area contributed by atoms with Crippen LogP contribution in [-0.4, -0.2) is 24.3 Å². The number of ketones is 1. The molecule has 0 aliphatic rings. The summed E-state index contributed by atoms with van der Waals surface area (Å²) in [4.78, 5) is 34.5. The Morgan fingerprint density at radius 3 is 2.12 bits per heavy atom. The molecule has 7 heteroatoms. The number of esters is 1. The van der Waals surface area contributed by atoms with Gasteiger partial charge >= 0.3 is 5.97 Å². The number of halogens is 2. The van der Waals surface area contributed by atoms with Crippen molar-refractivity contribution < 1.29 is 27.9 Å². The Morgan fingerprint density at radius 2 is 1.58 bits per heavy atom. The molecule has 0 aromatic heterocycles. The Hall–Kier alpha value is -3.09. The van der Waals surface area contributed by atoms with E-state index in [1.54, 1.807) is 0 Å². The predicted octanol–water partition coefficient (Wildman–Crippen LogP) is 2.96. The van der Waals surface area contributed by atoms with Gasteiger partial charge in [-0.25, -0.2) is 13.6 Å². The van der Waals surface area contributed by atoms with Crippen LogP contribution in [0.3, 0.4) is 0 Å². The molecule has 0 heterocycles. The van der Waals surface area contributed by atoms with E-state index in [2.05, 4.69) is 10.1 Å². The summed E-state index contributed by atoms with van der Waals surface area (Å²) in [5, 5.41) is 2.43. The second-order valence-electron chi connectivity index (χ2n) is 4.85. The summed E-state index contributed by atoms with van der Waals surface area (Å²) >= 11 is 0. The maximum absolute atomic E-state index is 13.4. The van der Waals surface area contributed by atoms with E-state index in [-0.39, 0.29) is 5.78 Å². The summed E-state index contributed by atoms with van der Waals surface area (Å²) in [6, 6.07) is 9.00. The highest BCUT2D eigenvalue weighted by Gasteiger charge is 2.19. The van der Waals surface area contributed by atoms with Crippen molar-refractivity contribution in [2.75, 3.05) is 11.9 Å². The Labute approximate surface area is 136 Å². The molecule has 0 saturated carbocycles. The number of ether oxygens (including phenoxy) is 1. The quantitative estimate of drug-likeness (QED) is 0.674. The first-order chi connectivity index (χ1) is 11.4. The molecule has 124 valence electrons. The minimum atomic E-state index is -1.27. The maximum Gasteiger partial charge on any atom is 0.344 e. The Kier molecular flexibility index (Phi) is 5.36. The minimum Gasteiger partial charge on any atom is -0.452 e. The van der Waals surface area contributed by atoms with Gasteiger partial charge in [0.15, 0.2) is 12.4 Å². The second kappa shape index (κ2) is 7.45. The van der Waals surface area contributed by atoms with Crippen LogP contribution in [0.25, 0.3) is 0 Å². The fourth-order valence-corrected chi connectivity index (χ4v) is 1.88. The smallest absolute Gasteiger partial charge is 0.344 e. The zero-order valence-corrected chi connectivity index (χ0v) is 12.6. The topological polar surface area (TPSA) is 72.5 Å². The number of carbonyl (C=O) groups is 3. The van der Waals surface area contributed by atoms with Gasteiger partial charge < -0.3 is 10.1 Å². The fraction of sp³-hybridized carbons (Fsp3) is 0.118. The van der Waals surface area contributed by atoms with Gasteiger partial charge in [-0.3, -0.25) is 9.59 Å². The lowest BCUT2D eigenvalue weighted by molar-refractivity contribution is -0.119. The molecule has 2 aromatic rings. The van der Waals surface area contributed by atoms with Crippen molar-refractivity contribution in [3.05, 3.63) is 65.2 Å². The standard InChI is InChI=1S/C17H13F2NO4/c1-10(21)11-5-7-12(8-6-11)20-15(22)9-24-17(23)16-13(18)3-2-4-14(16)19/h2-8H,9H2,1H3,(H,20,22). The molecule has 0 aliphatic carbocycles. The van der Waals surface area contributed by atoms with E-state index in [0.29, 0.717) is 11.3 Å². The second-order valence-corrected chi connectivity index (χ2v) is 4.85. The van der Waals surface area contributed by atoms with Crippen molar-refractivity contribution in [2.24, 2.45) is 0 Å². The SMILES string of the molecule is CC(=O)c1ccc(NC(=O)COC(=O)c2c(F)cccc2F)cc1. The number of rotatable bonds is 5. The lowest BCUT2D eigenvalue weighted by Gasteiger charge is -2.08. The molecule has 1 N–H and O–H groups in total. The van der Waals surface area contributed by atoms with Crippen LogP contribution in [-0.2, 0) is 9.53 Å². The zero-order chi connectivity index (χ0) is 17.7. The molecule has 0 atom stereocenters. The molecular formula is C17H13F2NO4. The molecule has 2 aromatic carbocycles. The normalized spacial score (nSPS) is 10.1. The summed E-state index contributed by atoms with van der Waals surface area (Å²) in [7, 11) is 0. The molecule has 1 amide bonds. The minimum absolute atomic E-state index is 0.117. The summed E-state index contributed by atoms with van der Waals surface area (Å²) in [5.74, 6) is -4.21. The van der Waals surface area contributed by atoms with Crippen LogP contribution in [0.5, 0.6) is 0 Å². The third kappa shape index (κ3) is 4.22. The van der Waals surface area contributed by atoms with Gasteiger partial charge in [0.2, 0.25) is 0 Å². The summed E-state index contributed by atoms with van der Waals surface area (Å²) in [6.45, 7) is 0.704. The van der Waals surface area contributed by atoms with Crippen LogP contribution in [0.1, 0.15) is 27.6 Å². The number of nitrogens with one attached hydrogen (secondary N) is 1. The van der Waals surface area contributed by atoms with Gasteiger partial charge in [-0.1, -0.05) is 6.07 Å². The zero-order valence-electron chi connectivity index (χ0n) is 12.6. The third-order valence-electron chi connectivity index (χ3n) is 3.08. The molecule has 0 aliphatic heterocycles. The predicted molar refractivity (Wildman–Crippen MR) is 81.7 cm³/mol. The van der Waals surface area contributed by atoms with Gasteiger partial charge in [-0.05, 0) is 43.3 Å². The molecule has 0 radical (unpaired) electrons. The van der Waals surface area contributed by atoms with Crippen molar-refractivity contribution in [1.82, 2.24) is 0 Å². The number of hydrogen-bond acceptors (Lipinski definition) is 4. The van der Waals surface area contributed by atoms with Crippen molar-refractivity contribution in [3.8, 4) is 0 Å². The van der Waals surface area contributed by atoms with Crippen LogP contribution >= 0.6 is 0 Å². The molecule has 0 spiro atoms. The number of amides is 1. The monoisotopic (exact) mass is 333 g/mol. The largest absolute Gasteiger partial charge is 0.452 e. The van der Waals surface area contributed by atoms with Crippen LogP contribution in [0.4, 0.5) is 14.5 Å². The van der Waals surface area contributed by atoms with Crippen LogP contribution in [0.15, 0.2) is 42.5 Å². The number of anilines is 1. The van der Waals surface area contributed by atoms with E-state index in [1.165, 1.54) is 31.2 Å². The molecule has 2 rings (SSSR count). The van der Waals surface area contributed by atoms with Gasteiger partial charge in [0.25, 0.3) is 5.91 Å². The average Bonchev–Trinajstić information content (AvgIpc) is 2.53. The summed E-state index contributed by atoms with van der Waals surface area (Å²) < 4.78 is 31.4. The van der Waals surface area contributed by atoms with Crippen molar-refractivity contribution in [3.63, 3.8) is 0 Å². The van der Waals surface area contributed by atoms with Gasteiger partial charge in [0.05, 0.1) is 0 Å². The van der Waals surface area contributed by atoms with Gasteiger partial charge in [-0.2, -0.15) is 0 Å². The summed E-state index contributed by atoms with van der Waals surface area (Å²) in [6.07, 6.45) is 0. The van der Waals surface area contributed by atoms with Crippen LogP contribution in [0.2, 0.25) is 0 Å². The van der Waals surface area contributed by atoms with E-state index in [9.17, 15) is 23.2 Å². The van der Waals surface area contributed by atoms with E-state index in [4.69, 9.17) is 0 Å². The Bertz CT molecular complexity index is 767. The highest BCUT2D eigenvalue weighted by atomic mass is 19.1. The Balaban J connectivity index is 1.93. The molecule has 0 bridgehead atoms. The van der Waals surface area contributed by atoms with Crippen molar-refractivity contribution >= 4 is 23.3 Å². The lowest BCUT2D eigenvalue weighted by Crippen LogP contribution is -2.22. The highest BCUT2D eigenvalue weighted by Crippen LogP contribution is 2.14.